The monoisotopic (exact) mass is 224 g/mol. The van der Waals surface area contributed by atoms with E-state index in [1.54, 1.807) is 6.92 Å². The highest BCUT2D eigenvalue weighted by atomic mass is 16.5. The third-order valence-electron chi connectivity index (χ3n) is 3.86. The van der Waals surface area contributed by atoms with E-state index < -0.39 is 23.2 Å². The largest absolute Gasteiger partial charge is 0.391 e. The van der Waals surface area contributed by atoms with Crippen LogP contribution in [0.3, 0.4) is 0 Å². The first kappa shape index (κ1) is 13.2. The molecule has 0 aromatic heterocycles. The summed E-state index contributed by atoms with van der Waals surface area (Å²) in [4.78, 5) is 0. The van der Waals surface area contributed by atoms with E-state index in [9.17, 15) is 10.2 Å². The van der Waals surface area contributed by atoms with Gasteiger partial charge in [-0.2, -0.15) is 0 Å². The van der Waals surface area contributed by atoms with Crippen molar-refractivity contribution in [2.45, 2.75) is 39.4 Å². The lowest BCUT2D eigenvalue weighted by atomic mass is 9.54. The fourth-order valence-corrected chi connectivity index (χ4v) is 2.92. The first-order chi connectivity index (χ1) is 7.25. The van der Waals surface area contributed by atoms with E-state index in [0.717, 1.165) is 18.4 Å². The Balaban J connectivity index is 3.46. The van der Waals surface area contributed by atoms with E-state index in [1.165, 1.54) is 0 Å². The van der Waals surface area contributed by atoms with Gasteiger partial charge in [0.05, 0.1) is 6.61 Å². The summed E-state index contributed by atoms with van der Waals surface area (Å²) in [6, 6.07) is 0. The minimum atomic E-state index is -2.29. The van der Waals surface area contributed by atoms with Gasteiger partial charge < -0.3 is 15.3 Å². The molecule has 16 heavy (non-hydrogen) atoms. The van der Waals surface area contributed by atoms with Crippen molar-refractivity contribution >= 4 is 0 Å². The predicted molar refractivity (Wildman–Crippen MR) is 62.3 cm³/mol. The minimum Gasteiger partial charge on any atom is -0.391 e. The van der Waals surface area contributed by atoms with Gasteiger partial charge in [0.1, 0.15) is 5.41 Å². The third kappa shape index (κ3) is 1.49. The molecular formula is C13H20O3. The molecule has 3 heteroatoms. The summed E-state index contributed by atoms with van der Waals surface area (Å²) in [6.45, 7) is 4.82. The fourth-order valence-electron chi connectivity index (χ4n) is 2.92. The molecule has 0 heterocycles. The smallest absolute Gasteiger partial charge is 0.208 e. The molecule has 0 bridgehead atoms. The quantitative estimate of drug-likeness (QED) is 0.373. The maximum atomic E-state index is 10.0. The van der Waals surface area contributed by atoms with Crippen LogP contribution in [-0.4, -0.2) is 27.7 Å². The molecule has 0 aromatic rings. The molecule has 0 aliphatic heterocycles. The predicted octanol–water partition coefficient (Wildman–Crippen LogP) is 1.05. The number of rotatable bonds is 2. The maximum absolute atomic E-state index is 10.0. The Bertz CT molecular complexity index is 347. The van der Waals surface area contributed by atoms with Gasteiger partial charge in [0, 0.05) is 0 Å². The van der Waals surface area contributed by atoms with Crippen molar-refractivity contribution in [3.8, 4) is 12.3 Å². The average molecular weight is 224 g/mol. The van der Waals surface area contributed by atoms with E-state index in [0.29, 0.717) is 0 Å². The second-order valence-electron chi connectivity index (χ2n) is 5.18. The van der Waals surface area contributed by atoms with Crippen LogP contribution in [0.2, 0.25) is 0 Å². The van der Waals surface area contributed by atoms with Crippen LogP contribution in [-0.2, 0) is 0 Å². The van der Waals surface area contributed by atoms with Crippen LogP contribution in [0.5, 0.6) is 0 Å². The van der Waals surface area contributed by atoms with Gasteiger partial charge in [-0.05, 0) is 25.2 Å². The van der Waals surface area contributed by atoms with Gasteiger partial charge in [-0.15, -0.1) is 6.42 Å². The van der Waals surface area contributed by atoms with Crippen molar-refractivity contribution in [2.24, 2.45) is 10.8 Å². The lowest BCUT2D eigenvalue weighted by Gasteiger charge is -2.52. The number of terminal acetylenes is 1. The molecule has 3 nitrogen and oxygen atoms in total. The lowest BCUT2D eigenvalue weighted by Crippen LogP contribution is -2.59. The number of aliphatic hydroxyl groups is 3. The molecule has 0 radical (unpaired) electrons. The zero-order valence-electron chi connectivity index (χ0n) is 10.1. The molecule has 1 rings (SSSR count). The Kier molecular flexibility index (Phi) is 3.22. The van der Waals surface area contributed by atoms with Crippen LogP contribution in [0.25, 0.3) is 0 Å². The van der Waals surface area contributed by atoms with Crippen molar-refractivity contribution in [1.29, 1.82) is 0 Å². The molecule has 90 valence electrons. The summed E-state index contributed by atoms with van der Waals surface area (Å²) >= 11 is 0. The molecule has 0 fully saturated rings. The highest BCUT2D eigenvalue weighted by Gasteiger charge is 2.59. The molecule has 1 atom stereocenters. The maximum Gasteiger partial charge on any atom is 0.208 e. The van der Waals surface area contributed by atoms with E-state index in [4.69, 9.17) is 11.5 Å². The SMILES string of the molecule is C#CC1(C(O)(O)CO)C(C)=CCCC1(C)C. The lowest BCUT2D eigenvalue weighted by molar-refractivity contribution is -0.261. The van der Waals surface area contributed by atoms with Crippen LogP contribution < -0.4 is 0 Å². The standard InChI is InChI=1S/C13H20O3/c1-5-12(13(15,16)9-14)10(2)7-6-8-11(12,3)4/h1,7,14-16H,6,8-9H2,2-4H3. The summed E-state index contributed by atoms with van der Waals surface area (Å²) < 4.78 is 0. The van der Waals surface area contributed by atoms with Crippen molar-refractivity contribution in [1.82, 2.24) is 0 Å². The molecule has 1 unspecified atom stereocenters. The molecule has 1 aliphatic carbocycles. The van der Waals surface area contributed by atoms with E-state index in [-0.39, 0.29) is 0 Å². The van der Waals surface area contributed by atoms with Crippen LogP contribution >= 0.6 is 0 Å². The normalized spacial score (nSPS) is 29.4. The van der Waals surface area contributed by atoms with Gasteiger partial charge >= 0.3 is 0 Å². The highest BCUT2D eigenvalue weighted by molar-refractivity contribution is 5.35. The van der Waals surface area contributed by atoms with Gasteiger partial charge in [-0.3, -0.25) is 0 Å². The zero-order valence-corrected chi connectivity index (χ0v) is 10.1. The molecule has 3 N–H and O–H groups in total. The van der Waals surface area contributed by atoms with Crippen molar-refractivity contribution in [3.05, 3.63) is 11.6 Å². The second kappa shape index (κ2) is 3.89. The Morgan fingerprint density at radius 2 is 2.06 bits per heavy atom. The van der Waals surface area contributed by atoms with Gasteiger partial charge in [0.2, 0.25) is 5.79 Å². The number of hydrogen-bond acceptors (Lipinski definition) is 3. The Morgan fingerprint density at radius 3 is 2.44 bits per heavy atom. The molecule has 1 aliphatic rings. The van der Waals surface area contributed by atoms with Crippen LogP contribution in [0, 0.1) is 23.2 Å². The van der Waals surface area contributed by atoms with Gasteiger partial charge in [0.15, 0.2) is 0 Å². The Hall–Kier alpha value is -0.820. The van der Waals surface area contributed by atoms with E-state index >= 15 is 0 Å². The van der Waals surface area contributed by atoms with Crippen LogP contribution in [0.1, 0.15) is 33.6 Å². The van der Waals surface area contributed by atoms with Gasteiger partial charge in [-0.1, -0.05) is 31.4 Å². The Labute approximate surface area is 96.8 Å². The molecule has 0 aromatic carbocycles. The number of hydrogen-bond donors (Lipinski definition) is 3. The zero-order chi connectivity index (χ0) is 12.6. The second-order valence-corrected chi connectivity index (χ2v) is 5.18. The third-order valence-corrected chi connectivity index (χ3v) is 3.86. The molecule has 0 saturated heterocycles. The van der Waals surface area contributed by atoms with E-state index in [1.807, 2.05) is 19.9 Å². The molecular weight excluding hydrogens is 204 g/mol. The van der Waals surface area contributed by atoms with Gasteiger partial charge in [-0.25, -0.2) is 0 Å². The summed E-state index contributed by atoms with van der Waals surface area (Å²) in [5, 5.41) is 29.2. The first-order valence-corrected chi connectivity index (χ1v) is 5.46. The fraction of sp³-hybridized carbons (Fsp3) is 0.692. The minimum absolute atomic E-state index is 0.465. The Morgan fingerprint density at radius 1 is 1.50 bits per heavy atom. The highest BCUT2D eigenvalue weighted by Crippen LogP contribution is 2.55. The number of allylic oxidation sites excluding steroid dienone is 1. The summed E-state index contributed by atoms with van der Waals surface area (Å²) in [5.41, 5.74) is -0.954. The summed E-state index contributed by atoms with van der Waals surface area (Å²) in [5.74, 6) is 0.235. The number of aliphatic hydroxyl groups excluding tert-OH is 1. The van der Waals surface area contributed by atoms with Crippen molar-refractivity contribution in [3.63, 3.8) is 0 Å². The molecule has 0 amide bonds. The van der Waals surface area contributed by atoms with Crippen LogP contribution in [0.4, 0.5) is 0 Å². The molecule has 0 spiro atoms. The first-order valence-electron chi connectivity index (χ1n) is 5.46. The van der Waals surface area contributed by atoms with Gasteiger partial charge in [0.25, 0.3) is 0 Å². The molecule has 0 saturated carbocycles. The summed E-state index contributed by atoms with van der Waals surface area (Å²) in [7, 11) is 0. The summed E-state index contributed by atoms with van der Waals surface area (Å²) in [6.07, 6.45) is 9.09. The topological polar surface area (TPSA) is 60.7 Å². The van der Waals surface area contributed by atoms with E-state index in [2.05, 4.69) is 5.92 Å². The van der Waals surface area contributed by atoms with Crippen molar-refractivity contribution < 1.29 is 15.3 Å². The van der Waals surface area contributed by atoms with Crippen molar-refractivity contribution in [2.75, 3.05) is 6.61 Å². The van der Waals surface area contributed by atoms with Crippen LogP contribution in [0.15, 0.2) is 11.6 Å². The average Bonchev–Trinajstić information content (AvgIpc) is 2.17.